The molecule has 1 aliphatic rings. The number of halogens is 1. The summed E-state index contributed by atoms with van der Waals surface area (Å²) < 4.78 is 23.8. The van der Waals surface area contributed by atoms with Crippen LogP contribution in [0.4, 0.5) is 4.39 Å². The van der Waals surface area contributed by atoms with Gasteiger partial charge in [-0.05, 0) is 36.9 Å². The van der Waals surface area contributed by atoms with Crippen molar-refractivity contribution in [2.45, 2.75) is 6.04 Å². The van der Waals surface area contributed by atoms with E-state index in [0.717, 1.165) is 31.7 Å². The first kappa shape index (κ1) is 19.4. The molecular weight excluding hydrogens is 375 g/mol. The van der Waals surface area contributed by atoms with Crippen molar-refractivity contribution >= 4 is 5.91 Å². The van der Waals surface area contributed by atoms with Crippen molar-refractivity contribution in [3.8, 4) is 11.5 Å². The van der Waals surface area contributed by atoms with Crippen LogP contribution in [0.1, 0.15) is 22.1 Å². The lowest BCUT2D eigenvalue weighted by Crippen LogP contribution is -2.48. The van der Waals surface area contributed by atoms with Gasteiger partial charge in [-0.3, -0.25) is 9.69 Å². The number of furan rings is 1. The fourth-order valence-corrected chi connectivity index (χ4v) is 3.47. The predicted octanol–water partition coefficient (Wildman–Crippen LogP) is 2.79. The Morgan fingerprint density at radius 2 is 1.93 bits per heavy atom. The van der Waals surface area contributed by atoms with E-state index in [2.05, 4.69) is 27.3 Å². The van der Waals surface area contributed by atoms with Crippen LogP contribution in [-0.2, 0) is 0 Å². The van der Waals surface area contributed by atoms with Crippen molar-refractivity contribution in [2.24, 2.45) is 0 Å². The van der Waals surface area contributed by atoms with E-state index in [1.165, 1.54) is 18.4 Å². The molecule has 3 aromatic rings. The minimum absolute atomic E-state index is 0.0512. The van der Waals surface area contributed by atoms with Crippen LogP contribution in [0.25, 0.3) is 11.5 Å². The molecule has 7 nitrogen and oxygen atoms in total. The molecule has 0 bridgehead atoms. The molecule has 1 saturated heterocycles. The Bertz CT molecular complexity index is 931. The smallest absolute Gasteiger partial charge is 0.273 e. The largest absolute Gasteiger partial charge is 0.461 e. The fraction of sp³-hybridized carbons (Fsp3) is 0.333. The zero-order valence-electron chi connectivity index (χ0n) is 16.2. The summed E-state index contributed by atoms with van der Waals surface area (Å²) in [5.41, 5.74) is 1.15. The van der Waals surface area contributed by atoms with Gasteiger partial charge in [-0.15, -0.1) is 0 Å². The topological polar surface area (TPSA) is 74.8 Å². The first-order valence-electron chi connectivity index (χ1n) is 9.57. The van der Waals surface area contributed by atoms with Crippen molar-refractivity contribution < 1.29 is 18.1 Å². The second-order valence-corrected chi connectivity index (χ2v) is 7.17. The van der Waals surface area contributed by atoms with Gasteiger partial charge in [-0.2, -0.15) is 0 Å². The number of aromatic nitrogens is 1. The van der Waals surface area contributed by atoms with E-state index in [1.54, 1.807) is 30.3 Å². The van der Waals surface area contributed by atoms with Crippen LogP contribution in [0.3, 0.4) is 0 Å². The van der Waals surface area contributed by atoms with Gasteiger partial charge >= 0.3 is 0 Å². The number of carbonyl (C=O) groups is 1. The van der Waals surface area contributed by atoms with E-state index >= 15 is 0 Å². The lowest BCUT2D eigenvalue weighted by atomic mass is 10.0. The van der Waals surface area contributed by atoms with Gasteiger partial charge in [-0.25, -0.2) is 4.39 Å². The van der Waals surface area contributed by atoms with Crippen molar-refractivity contribution in [3.05, 3.63) is 65.8 Å². The predicted molar refractivity (Wildman–Crippen MR) is 105 cm³/mol. The van der Waals surface area contributed by atoms with Gasteiger partial charge in [0.15, 0.2) is 11.5 Å². The molecule has 0 radical (unpaired) electrons. The Hall–Kier alpha value is -2.97. The monoisotopic (exact) mass is 398 g/mol. The number of rotatable bonds is 6. The highest BCUT2D eigenvalue weighted by Crippen LogP contribution is 2.23. The van der Waals surface area contributed by atoms with E-state index in [1.807, 2.05) is 0 Å². The molecule has 1 aromatic carbocycles. The number of carbonyl (C=O) groups excluding carboxylic acids is 1. The molecule has 0 saturated carbocycles. The molecule has 0 aliphatic carbocycles. The summed E-state index contributed by atoms with van der Waals surface area (Å²) in [7, 11) is 2.09. The van der Waals surface area contributed by atoms with Crippen LogP contribution >= 0.6 is 0 Å². The summed E-state index contributed by atoms with van der Waals surface area (Å²) in [4.78, 5) is 17.2. The first-order valence-corrected chi connectivity index (χ1v) is 9.57. The molecular formula is C21H23FN4O3. The van der Waals surface area contributed by atoms with Crippen LogP contribution in [0.5, 0.6) is 0 Å². The Balaban J connectivity index is 1.46. The minimum atomic E-state index is -0.326. The second-order valence-electron chi connectivity index (χ2n) is 7.17. The summed E-state index contributed by atoms with van der Waals surface area (Å²) in [5, 5.41) is 6.78. The summed E-state index contributed by atoms with van der Waals surface area (Å²) in [6, 6.07) is 11.4. The third-order valence-corrected chi connectivity index (χ3v) is 5.20. The number of piperazine rings is 1. The average Bonchev–Trinajstić information content (AvgIpc) is 3.42. The number of amides is 1. The molecule has 1 atom stereocenters. The highest BCUT2D eigenvalue weighted by molar-refractivity contribution is 5.92. The van der Waals surface area contributed by atoms with Gasteiger partial charge in [0.25, 0.3) is 5.91 Å². The Morgan fingerprint density at radius 3 is 2.62 bits per heavy atom. The SMILES string of the molecule is CN1CCN(C(CNC(=O)c2cc(-c3ccco3)on2)c2ccc(F)cc2)CC1. The molecule has 1 fully saturated rings. The third kappa shape index (κ3) is 4.55. The number of hydrogen-bond donors (Lipinski definition) is 1. The number of benzene rings is 1. The molecule has 2 aromatic heterocycles. The Kier molecular flexibility index (Phi) is 5.73. The van der Waals surface area contributed by atoms with Crippen LogP contribution in [0.15, 0.2) is 57.7 Å². The first-order chi connectivity index (χ1) is 14.1. The number of nitrogens with one attached hydrogen (secondary N) is 1. The standard InChI is InChI=1S/C21H23FN4O3/c1-25-8-10-26(11-9-25)18(15-4-6-16(22)7-5-15)14-23-21(27)17-13-20(29-24-17)19-3-2-12-28-19/h2-7,12-13,18H,8-11,14H2,1H3,(H,23,27). The lowest BCUT2D eigenvalue weighted by molar-refractivity contribution is 0.0878. The molecule has 4 rings (SSSR count). The van der Waals surface area contributed by atoms with E-state index < -0.39 is 0 Å². The summed E-state index contributed by atoms with van der Waals surface area (Å²) in [5.74, 6) is 0.309. The van der Waals surface area contributed by atoms with E-state index in [-0.39, 0.29) is 23.5 Å². The van der Waals surface area contributed by atoms with E-state index in [4.69, 9.17) is 8.94 Å². The molecule has 29 heavy (non-hydrogen) atoms. The van der Waals surface area contributed by atoms with Crippen LogP contribution in [0.2, 0.25) is 0 Å². The van der Waals surface area contributed by atoms with Gasteiger partial charge in [0.1, 0.15) is 5.82 Å². The van der Waals surface area contributed by atoms with E-state index in [0.29, 0.717) is 18.1 Å². The number of hydrogen-bond acceptors (Lipinski definition) is 6. The summed E-state index contributed by atoms with van der Waals surface area (Å²) in [6.07, 6.45) is 1.53. The normalized spacial score (nSPS) is 16.6. The summed E-state index contributed by atoms with van der Waals surface area (Å²) in [6.45, 7) is 4.03. The maximum Gasteiger partial charge on any atom is 0.273 e. The lowest BCUT2D eigenvalue weighted by Gasteiger charge is -2.38. The Labute approximate surface area is 168 Å². The zero-order valence-corrected chi connectivity index (χ0v) is 16.2. The van der Waals surface area contributed by atoms with Crippen molar-refractivity contribution in [2.75, 3.05) is 39.8 Å². The summed E-state index contributed by atoms with van der Waals surface area (Å²) >= 11 is 0. The molecule has 1 N–H and O–H groups in total. The van der Waals surface area contributed by atoms with Gasteiger partial charge in [0, 0.05) is 38.8 Å². The van der Waals surface area contributed by atoms with Gasteiger partial charge < -0.3 is 19.2 Å². The Morgan fingerprint density at radius 1 is 1.17 bits per heavy atom. The maximum atomic E-state index is 13.4. The minimum Gasteiger partial charge on any atom is -0.461 e. The van der Waals surface area contributed by atoms with Crippen LogP contribution in [-0.4, -0.2) is 60.6 Å². The molecule has 152 valence electrons. The second kappa shape index (κ2) is 8.59. The third-order valence-electron chi connectivity index (χ3n) is 5.20. The molecule has 1 aliphatic heterocycles. The number of likely N-dealkylation sites (N-methyl/N-ethyl adjacent to an activating group) is 1. The highest BCUT2D eigenvalue weighted by atomic mass is 19.1. The molecule has 8 heteroatoms. The molecule has 1 amide bonds. The van der Waals surface area contributed by atoms with Crippen LogP contribution in [0, 0.1) is 5.82 Å². The van der Waals surface area contributed by atoms with Crippen molar-refractivity contribution in [1.82, 2.24) is 20.3 Å². The quantitative estimate of drug-likeness (QED) is 0.688. The average molecular weight is 398 g/mol. The van der Waals surface area contributed by atoms with E-state index in [9.17, 15) is 9.18 Å². The van der Waals surface area contributed by atoms with Crippen molar-refractivity contribution in [3.63, 3.8) is 0 Å². The van der Waals surface area contributed by atoms with Gasteiger partial charge in [0.2, 0.25) is 5.76 Å². The fourth-order valence-electron chi connectivity index (χ4n) is 3.47. The van der Waals surface area contributed by atoms with Gasteiger partial charge in [-0.1, -0.05) is 17.3 Å². The van der Waals surface area contributed by atoms with Gasteiger partial charge in [0.05, 0.1) is 12.3 Å². The highest BCUT2D eigenvalue weighted by Gasteiger charge is 2.25. The molecule has 3 heterocycles. The molecule has 1 unspecified atom stereocenters. The van der Waals surface area contributed by atoms with Crippen LogP contribution < -0.4 is 5.32 Å². The maximum absolute atomic E-state index is 13.4. The number of nitrogens with zero attached hydrogens (tertiary/aromatic N) is 3. The molecule has 0 spiro atoms. The zero-order chi connectivity index (χ0) is 20.2. The van der Waals surface area contributed by atoms with Crippen molar-refractivity contribution in [1.29, 1.82) is 0 Å².